The SMILES string of the molecule is Cc1nn(C)c(C)c1CNc1cc(S(C)(=O)=O)ccc1Cl. The minimum absolute atomic E-state index is 0.244. The zero-order chi connectivity index (χ0) is 15.8. The molecule has 114 valence electrons. The third kappa shape index (κ3) is 3.39. The fourth-order valence-electron chi connectivity index (χ4n) is 2.13. The van der Waals surface area contributed by atoms with Crippen molar-refractivity contribution >= 4 is 27.1 Å². The van der Waals surface area contributed by atoms with Gasteiger partial charge < -0.3 is 5.32 Å². The summed E-state index contributed by atoms with van der Waals surface area (Å²) in [5.41, 5.74) is 3.69. The van der Waals surface area contributed by atoms with Crippen LogP contribution in [0.15, 0.2) is 23.1 Å². The first kappa shape index (κ1) is 15.9. The van der Waals surface area contributed by atoms with Crippen molar-refractivity contribution in [1.82, 2.24) is 9.78 Å². The lowest BCUT2D eigenvalue weighted by Gasteiger charge is -2.10. The van der Waals surface area contributed by atoms with E-state index in [0.29, 0.717) is 17.3 Å². The monoisotopic (exact) mass is 327 g/mol. The number of hydrogen-bond donors (Lipinski definition) is 1. The highest BCUT2D eigenvalue weighted by molar-refractivity contribution is 7.90. The highest BCUT2D eigenvalue weighted by Crippen LogP contribution is 2.26. The van der Waals surface area contributed by atoms with E-state index in [1.807, 2.05) is 25.6 Å². The van der Waals surface area contributed by atoms with Crippen molar-refractivity contribution in [1.29, 1.82) is 0 Å². The number of aryl methyl sites for hydroxylation is 2. The van der Waals surface area contributed by atoms with Crippen LogP contribution in [0.25, 0.3) is 0 Å². The largest absolute Gasteiger partial charge is 0.380 e. The third-order valence-corrected chi connectivity index (χ3v) is 4.92. The first-order chi connectivity index (χ1) is 9.70. The number of halogens is 1. The van der Waals surface area contributed by atoms with Gasteiger partial charge in [-0.3, -0.25) is 4.68 Å². The Hall–Kier alpha value is -1.53. The van der Waals surface area contributed by atoms with E-state index in [-0.39, 0.29) is 4.90 Å². The Bertz CT molecular complexity index is 782. The van der Waals surface area contributed by atoms with Gasteiger partial charge in [0.05, 0.1) is 21.3 Å². The van der Waals surface area contributed by atoms with E-state index in [1.165, 1.54) is 12.3 Å². The van der Waals surface area contributed by atoms with E-state index >= 15 is 0 Å². The fraction of sp³-hybridized carbons (Fsp3) is 0.357. The average molecular weight is 328 g/mol. The van der Waals surface area contributed by atoms with Gasteiger partial charge in [0.2, 0.25) is 0 Å². The van der Waals surface area contributed by atoms with Crippen LogP contribution in [-0.2, 0) is 23.4 Å². The Labute approximate surface area is 129 Å². The van der Waals surface area contributed by atoms with E-state index in [9.17, 15) is 8.42 Å². The normalized spacial score (nSPS) is 11.7. The molecular formula is C14H18ClN3O2S. The maximum atomic E-state index is 11.6. The molecule has 5 nitrogen and oxygen atoms in total. The summed E-state index contributed by atoms with van der Waals surface area (Å²) >= 11 is 6.12. The lowest BCUT2D eigenvalue weighted by atomic mass is 10.2. The van der Waals surface area contributed by atoms with Crippen molar-refractivity contribution in [2.75, 3.05) is 11.6 Å². The molecular weight excluding hydrogens is 310 g/mol. The summed E-state index contributed by atoms with van der Waals surface area (Å²) in [6, 6.07) is 4.64. The lowest BCUT2D eigenvalue weighted by molar-refractivity contribution is 0.602. The van der Waals surface area contributed by atoms with Gasteiger partial charge >= 0.3 is 0 Å². The van der Waals surface area contributed by atoms with Crippen LogP contribution in [0.1, 0.15) is 17.0 Å². The Balaban J connectivity index is 2.28. The predicted molar refractivity (Wildman–Crippen MR) is 84.6 cm³/mol. The molecule has 0 fully saturated rings. The molecule has 2 aromatic rings. The maximum absolute atomic E-state index is 11.6. The summed E-state index contributed by atoms with van der Waals surface area (Å²) in [6.45, 7) is 4.47. The second-order valence-electron chi connectivity index (χ2n) is 5.04. The molecule has 0 aliphatic heterocycles. The standard InChI is InChI=1S/C14H18ClN3O2S/c1-9-12(10(2)18(3)17-9)8-16-14-7-11(21(4,19)20)5-6-13(14)15/h5-7,16H,8H2,1-4H3. The average Bonchev–Trinajstić information content (AvgIpc) is 2.62. The second kappa shape index (κ2) is 5.69. The molecule has 1 aromatic carbocycles. The molecule has 0 saturated carbocycles. The Kier molecular flexibility index (Phi) is 4.30. The van der Waals surface area contributed by atoms with Crippen LogP contribution in [0, 0.1) is 13.8 Å². The molecule has 7 heteroatoms. The summed E-state index contributed by atoms with van der Waals surface area (Å²) in [7, 11) is -1.36. The van der Waals surface area contributed by atoms with Gasteiger partial charge in [0, 0.05) is 31.1 Å². The number of anilines is 1. The highest BCUT2D eigenvalue weighted by Gasteiger charge is 2.12. The Morgan fingerprint density at radius 1 is 1.33 bits per heavy atom. The fourth-order valence-corrected chi connectivity index (χ4v) is 2.96. The van der Waals surface area contributed by atoms with Gasteiger partial charge in [-0.1, -0.05) is 11.6 Å². The molecule has 2 rings (SSSR count). The molecule has 0 amide bonds. The molecule has 0 unspecified atom stereocenters. The summed E-state index contributed by atoms with van der Waals surface area (Å²) in [4.78, 5) is 0.244. The van der Waals surface area contributed by atoms with Crippen LogP contribution in [0.3, 0.4) is 0 Å². The van der Waals surface area contributed by atoms with Crippen molar-refractivity contribution in [3.8, 4) is 0 Å². The summed E-state index contributed by atoms with van der Waals surface area (Å²) < 4.78 is 25.0. The molecule has 21 heavy (non-hydrogen) atoms. The third-order valence-electron chi connectivity index (χ3n) is 3.48. The minimum atomic E-state index is -3.25. The number of sulfone groups is 1. The lowest BCUT2D eigenvalue weighted by Crippen LogP contribution is -2.04. The van der Waals surface area contributed by atoms with Crippen LogP contribution in [0.5, 0.6) is 0 Å². The van der Waals surface area contributed by atoms with Gasteiger partial charge in [-0.2, -0.15) is 5.10 Å². The molecule has 0 bridgehead atoms. The van der Waals surface area contributed by atoms with Crippen molar-refractivity contribution in [3.05, 3.63) is 40.2 Å². The molecule has 1 N–H and O–H groups in total. The molecule has 0 aliphatic rings. The van der Waals surface area contributed by atoms with Gasteiger partial charge in [0.25, 0.3) is 0 Å². The number of rotatable bonds is 4. The summed E-state index contributed by atoms with van der Waals surface area (Å²) in [5.74, 6) is 0. The Morgan fingerprint density at radius 3 is 2.52 bits per heavy atom. The topological polar surface area (TPSA) is 64.0 Å². The second-order valence-corrected chi connectivity index (χ2v) is 7.46. The van der Waals surface area contributed by atoms with E-state index in [4.69, 9.17) is 11.6 Å². The number of aromatic nitrogens is 2. The maximum Gasteiger partial charge on any atom is 0.175 e. The zero-order valence-corrected chi connectivity index (χ0v) is 14.0. The first-order valence-corrected chi connectivity index (χ1v) is 8.69. The van der Waals surface area contributed by atoms with Gasteiger partial charge in [-0.05, 0) is 32.0 Å². The Morgan fingerprint density at radius 2 is 2.00 bits per heavy atom. The van der Waals surface area contributed by atoms with Gasteiger partial charge in [0.15, 0.2) is 9.84 Å². The van der Waals surface area contributed by atoms with Crippen LogP contribution in [-0.4, -0.2) is 24.5 Å². The van der Waals surface area contributed by atoms with Gasteiger partial charge in [-0.25, -0.2) is 8.42 Å². The van der Waals surface area contributed by atoms with Crippen LogP contribution in [0.2, 0.25) is 5.02 Å². The van der Waals surface area contributed by atoms with E-state index in [1.54, 1.807) is 12.1 Å². The van der Waals surface area contributed by atoms with E-state index in [2.05, 4.69) is 10.4 Å². The van der Waals surface area contributed by atoms with Crippen LogP contribution >= 0.6 is 11.6 Å². The number of nitrogens with zero attached hydrogens (tertiary/aromatic N) is 2. The molecule has 0 atom stereocenters. The molecule has 0 radical (unpaired) electrons. The molecule has 1 aromatic heterocycles. The number of nitrogens with one attached hydrogen (secondary N) is 1. The summed E-state index contributed by atoms with van der Waals surface area (Å²) in [5, 5.41) is 8.02. The highest BCUT2D eigenvalue weighted by atomic mass is 35.5. The van der Waals surface area contributed by atoms with Crippen molar-refractivity contribution < 1.29 is 8.42 Å². The number of benzene rings is 1. The number of hydrogen-bond acceptors (Lipinski definition) is 4. The smallest absolute Gasteiger partial charge is 0.175 e. The quantitative estimate of drug-likeness (QED) is 0.937. The van der Waals surface area contributed by atoms with Gasteiger partial charge in [0.1, 0.15) is 0 Å². The summed E-state index contributed by atoms with van der Waals surface area (Å²) in [6.07, 6.45) is 1.18. The first-order valence-electron chi connectivity index (χ1n) is 6.42. The molecule has 0 spiro atoms. The van der Waals surface area contributed by atoms with Crippen LogP contribution in [0.4, 0.5) is 5.69 Å². The molecule has 0 saturated heterocycles. The zero-order valence-electron chi connectivity index (χ0n) is 12.4. The minimum Gasteiger partial charge on any atom is -0.380 e. The molecule has 1 heterocycles. The molecule has 0 aliphatic carbocycles. The van der Waals surface area contributed by atoms with Crippen LogP contribution < -0.4 is 5.32 Å². The predicted octanol–water partition coefficient (Wildman–Crippen LogP) is 2.71. The van der Waals surface area contributed by atoms with Crippen molar-refractivity contribution in [2.45, 2.75) is 25.3 Å². The van der Waals surface area contributed by atoms with Crippen molar-refractivity contribution in [2.24, 2.45) is 7.05 Å². The van der Waals surface area contributed by atoms with Gasteiger partial charge in [-0.15, -0.1) is 0 Å². The van der Waals surface area contributed by atoms with E-state index < -0.39 is 9.84 Å². The van der Waals surface area contributed by atoms with Crippen molar-refractivity contribution in [3.63, 3.8) is 0 Å². The van der Waals surface area contributed by atoms with E-state index in [0.717, 1.165) is 17.0 Å².